The number of carbonyl (C=O) groups excluding carboxylic acids is 4. The van der Waals surface area contributed by atoms with Crippen molar-refractivity contribution in [2.75, 3.05) is 11.5 Å². The number of ether oxygens (including phenoxy) is 2. The van der Waals surface area contributed by atoms with Crippen LogP contribution in [0.1, 0.15) is 41.8 Å². The molecule has 1 fully saturated rings. The van der Waals surface area contributed by atoms with Crippen LogP contribution in [0.3, 0.4) is 0 Å². The summed E-state index contributed by atoms with van der Waals surface area (Å²) in [7, 11) is 0. The minimum atomic E-state index is -1.32. The molecule has 57 heavy (non-hydrogen) atoms. The van der Waals surface area contributed by atoms with Gasteiger partial charge in [0, 0.05) is 54.1 Å². The van der Waals surface area contributed by atoms with Gasteiger partial charge in [0.15, 0.2) is 10.8 Å². The zero-order valence-electron chi connectivity index (χ0n) is 30.7. The lowest BCUT2D eigenvalue weighted by Crippen LogP contribution is -2.71. The maximum atomic E-state index is 14.3. The molecule has 1 saturated heterocycles. The number of nitrogens with two attached hydrogens (primary N) is 1. The number of allylic oxidation sites excluding steroid dienone is 1. The van der Waals surface area contributed by atoms with Crippen molar-refractivity contribution in [3.8, 4) is 0 Å². The molecule has 0 spiro atoms. The fourth-order valence-corrected chi connectivity index (χ4v) is 8.36. The van der Waals surface area contributed by atoms with E-state index in [-0.39, 0.29) is 28.0 Å². The first-order chi connectivity index (χ1) is 27.7. The zero-order chi connectivity index (χ0) is 39.9. The molecule has 0 saturated carbocycles. The quantitative estimate of drug-likeness (QED) is 0.0376. The third-order valence-electron chi connectivity index (χ3n) is 9.04. The van der Waals surface area contributed by atoms with Gasteiger partial charge in [-0.25, -0.2) is 9.78 Å². The van der Waals surface area contributed by atoms with Crippen molar-refractivity contribution in [3.63, 3.8) is 0 Å². The number of pyridine rings is 1. The maximum absolute atomic E-state index is 14.3. The molecular weight excluding hydrogens is 765 g/mol. The van der Waals surface area contributed by atoms with Gasteiger partial charge < -0.3 is 25.4 Å². The number of carbonyl (C=O) groups is 4. The molecule has 5 aromatic rings. The molecule has 7 rings (SSSR count). The van der Waals surface area contributed by atoms with E-state index in [1.54, 1.807) is 36.0 Å². The number of β-lactam (4-membered cyclic amide) rings is 1. The molecule has 3 N–H and O–H groups in total. The first-order valence-corrected chi connectivity index (χ1v) is 19.7. The topological polar surface area (TPSA) is 175 Å². The molecular formula is C42H36N6O7S2. The number of nitrogens with one attached hydrogen (secondary N) is 1. The molecule has 0 radical (unpaired) electrons. The van der Waals surface area contributed by atoms with Crippen molar-refractivity contribution in [2.45, 2.75) is 37.2 Å². The molecule has 2 aliphatic heterocycles. The van der Waals surface area contributed by atoms with Crippen molar-refractivity contribution in [3.05, 3.63) is 166 Å². The zero-order valence-corrected chi connectivity index (χ0v) is 32.3. The van der Waals surface area contributed by atoms with Crippen molar-refractivity contribution < 1.29 is 33.5 Å². The predicted molar refractivity (Wildman–Crippen MR) is 216 cm³/mol. The van der Waals surface area contributed by atoms with E-state index in [1.165, 1.54) is 30.5 Å². The minimum Gasteiger partial charge on any atom is -0.426 e. The smallest absolute Gasteiger partial charge is 0.358 e. The van der Waals surface area contributed by atoms with E-state index in [9.17, 15) is 19.2 Å². The van der Waals surface area contributed by atoms with Gasteiger partial charge in [-0.2, -0.15) is 0 Å². The van der Waals surface area contributed by atoms with Crippen molar-refractivity contribution in [2.24, 2.45) is 5.16 Å². The van der Waals surface area contributed by atoms with Crippen molar-refractivity contribution >= 4 is 63.8 Å². The monoisotopic (exact) mass is 800 g/mol. The van der Waals surface area contributed by atoms with Gasteiger partial charge in [-0.1, -0.05) is 114 Å². The number of hydrogen-bond acceptors (Lipinski definition) is 13. The van der Waals surface area contributed by atoms with Gasteiger partial charge in [-0.05, 0) is 17.2 Å². The average molecular weight is 801 g/mol. The van der Waals surface area contributed by atoms with Crippen LogP contribution in [0.4, 0.5) is 5.13 Å². The van der Waals surface area contributed by atoms with E-state index in [0.717, 1.165) is 33.6 Å². The van der Waals surface area contributed by atoms with E-state index < -0.39 is 47.1 Å². The Balaban J connectivity index is 1.22. The summed E-state index contributed by atoms with van der Waals surface area (Å²) in [5.41, 5.74) is 8.10. The Hall–Kier alpha value is -6.58. The fraction of sp³-hybridized carbons (Fsp3) is 0.167. The number of rotatable bonds is 13. The van der Waals surface area contributed by atoms with Crippen LogP contribution < -0.4 is 11.1 Å². The molecule has 13 nitrogen and oxygen atoms in total. The summed E-state index contributed by atoms with van der Waals surface area (Å²) in [5.74, 6) is -2.54. The van der Waals surface area contributed by atoms with E-state index in [2.05, 4.69) is 20.4 Å². The average Bonchev–Trinajstić information content (AvgIpc) is 3.66. The van der Waals surface area contributed by atoms with Gasteiger partial charge in [-0.15, -0.1) is 23.1 Å². The number of hydrogen-bond donors (Lipinski definition) is 2. The van der Waals surface area contributed by atoms with Crippen LogP contribution in [0.5, 0.6) is 0 Å². The molecule has 2 aliphatic rings. The van der Waals surface area contributed by atoms with E-state index in [0.29, 0.717) is 5.57 Å². The normalized spacial score (nSPS) is 17.3. The number of thioether (sulfide) groups is 1. The van der Waals surface area contributed by atoms with Gasteiger partial charge in [0.25, 0.3) is 11.8 Å². The Labute approximate surface area is 336 Å². The molecule has 3 aromatic carbocycles. The van der Waals surface area contributed by atoms with Crippen LogP contribution in [0.15, 0.2) is 143 Å². The van der Waals surface area contributed by atoms with E-state index >= 15 is 0 Å². The molecule has 1 unspecified atom stereocenters. The van der Waals surface area contributed by atoms with Gasteiger partial charge in [0.1, 0.15) is 22.8 Å². The van der Waals surface area contributed by atoms with Crippen LogP contribution in [0.25, 0.3) is 6.08 Å². The molecule has 15 heteroatoms. The Bertz CT molecular complexity index is 2260. The summed E-state index contributed by atoms with van der Waals surface area (Å²) in [5, 5.41) is 8.44. The highest BCUT2D eigenvalue weighted by Crippen LogP contribution is 2.43. The Morgan fingerprint density at radius 2 is 1.56 bits per heavy atom. The highest BCUT2D eigenvalue weighted by Gasteiger charge is 2.55. The summed E-state index contributed by atoms with van der Waals surface area (Å²) in [6.07, 6.45) is 5.55. The van der Waals surface area contributed by atoms with Crippen LogP contribution in [-0.2, 0) is 39.1 Å². The van der Waals surface area contributed by atoms with Gasteiger partial charge >= 0.3 is 11.9 Å². The van der Waals surface area contributed by atoms with Crippen molar-refractivity contribution in [1.29, 1.82) is 0 Å². The number of fused-ring (bicyclic) bond motifs is 1. The summed E-state index contributed by atoms with van der Waals surface area (Å²) in [6.45, 7) is 2.59. The fourth-order valence-electron chi connectivity index (χ4n) is 6.50. The number of benzene rings is 3. The molecule has 0 aliphatic carbocycles. The molecule has 0 bridgehead atoms. The number of oxime groups is 1. The first-order valence-electron chi connectivity index (χ1n) is 17.7. The molecule has 3 atom stereocenters. The predicted octanol–water partition coefficient (Wildman–Crippen LogP) is 5.65. The SMILES string of the molecule is CC(=O)OC(C)OC(=O)C1=C(/C=C\c2cccnc2)CS[C@@H]2[C@H](NC(=O)C(=NOC(c3ccccc3)(c3ccccc3)c3ccccc3)c3csc(N)n3)C(=O)N12. The lowest BCUT2D eigenvalue weighted by Gasteiger charge is -2.49. The van der Waals surface area contributed by atoms with Crippen LogP contribution in [-0.4, -0.2) is 67.8 Å². The number of aromatic nitrogens is 2. The lowest BCUT2D eigenvalue weighted by molar-refractivity contribution is -0.182. The minimum absolute atomic E-state index is 0.0312. The third-order valence-corrected chi connectivity index (χ3v) is 11.0. The number of nitrogens with zero attached hydrogens (tertiary/aromatic N) is 4. The molecule has 288 valence electrons. The van der Waals surface area contributed by atoms with Crippen LogP contribution in [0.2, 0.25) is 0 Å². The Morgan fingerprint density at radius 1 is 0.930 bits per heavy atom. The highest BCUT2D eigenvalue weighted by atomic mass is 32.2. The standard InChI is InChI=1S/C42H36N6O7S2/c1-26(49)53-27(2)54-40(52)36-29(21-20-28-13-12-22-44-23-28)24-56-39-35(38(51)48(36)39)46-37(50)34(33-25-57-41(43)45-33)47-55-42(30-14-6-3-7-15-30,31-16-8-4-9-17-31)32-18-10-5-11-19-32/h3-23,25,27,35,39H,24H2,1-2H3,(H2,43,45)(H,46,50)/b21-20-,47-34?/t27?,35-,39-/m1/s1. The molecule has 2 amide bonds. The Morgan fingerprint density at radius 3 is 2.11 bits per heavy atom. The molecule has 4 heterocycles. The van der Waals surface area contributed by atoms with Gasteiger partial charge in [0.2, 0.25) is 11.9 Å². The largest absolute Gasteiger partial charge is 0.426 e. The summed E-state index contributed by atoms with van der Waals surface area (Å²) in [4.78, 5) is 69.9. The number of anilines is 1. The second-order valence-electron chi connectivity index (χ2n) is 12.8. The maximum Gasteiger partial charge on any atom is 0.358 e. The van der Waals surface area contributed by atoms with Gasteiger partial charge in [-0.3, -0.25) is 24.3 Å². The number of thiazole rings is 1. The van der Waals surface area contributed by atoms with Crippen molar-refractivity contribution in [1.82, 2.24) is 20.2 Å². The molecule has 2 aromatic heterocycles. The van der Waals surface area contributed by atoms with Crippen LogP contribution >= 0.6 is 23.1 Å². The summed E-state index contributed by atoms with van der Waals surface area (Å²) in [6, 6.07) is 31.1. The summed E-state index contributed by atoms with van der Waals surface area (Å²) >= 11 is 2.47. The second kappa shape index (κ2) is 17.1. The van der Waals surface area contributed by atoms with Crippen LogP contribution in [0, 0.1) is 0 Å². The number of amides is 2. The number of esters is 2. The first kappa shape index (κ1) is 38.7. The van der Waals surface area contributed by atoms with E-state index in [4.69, 9.17) is 20.0 Å². The summed E-state index contributed by atoms with van der Waals surface area (Å²) < 4.78 is 10.5. The number of nitrogen functional groups attached to an aromatic ring is 1. The van der Waals surface area contributed by atoms with E-state index in [1.807, 2.05) is 97.1 Å². The Kier molecular flexibility index (Phi) is 11.6. The van der Waals surface area contributed by atoms with Gasteiger partial charge in [0.05, 0.1) is 0 Å². The lowest BCUT2D eigenvalue weighted by atomic mass is 9.80. The highest BCUT2D eigenvalue weighted by molar-refractivity contribution is 8.00. The second-order valence-corrected chi connectivity index (χ2v) is 14.8. The third kappa shape index (κ3) is 8.20.